The molecule has 1 rings (SSSR count). The lowest BCUT2D eigenvalue weighted by Crippen LogP contribution is -2.23. The number of hydrogen-bond acceptors (Lipinski definition) is 3. The first kappa shape index (κ1) is 13.3. The molecule has 0 fully saturated rings. The van der Waals surface area contributed by atoms with E-state index in [1.165, 1.54) is 0 Å². The number of rotatable bonds is 6. The van der Waals surface area contributed by atoms with Gasteiger partial charge in [0.15, 0.2) is 0 Å². The molecule has 0 aliphatic heterocycles. The Hall–Kier alpha value is -0.800. The summed E-state index contributed by atoms with van der Waals surface area (Å²) in [5.41, 5.74) is 0.728. The minimum Gasteiger partial charge on any atom is -0.469 e. The molecular formula is C13H22O3. The van der Waals surface area contributed by atoms with Crippen LogP contribution in [0.4, 0.5) is 0 Å². The third kappa shape index (κ3) is 3.35. The number of aryl methyl sites for hydroxylation is 1. The van der Waals surface area contributed by atoms with Crippen molar-refractivity contribution >= 4 is 0 Å². The van der Waals surface area contributed by atoms with Crippen molar-refractivity contribution in [1.82, 2.24) is 0 Å². The van der Waals surface area contributed by atoms with Gasteiger partial charge in [-0.3, -0.25) is 0 Å². The van der Waals surface area contributed by atoms with Crippen molar-refractivity contribution < 1.29 is 14.3 Å². The summed E-state index contributed by atoms with van der Waals surface area (Å²) < 4.78 is 10.6. The maximum Gasteiger partial charge on any atom is 0.109 e. The lowest BCUT2D eigenvalue weighted by Gasteiger charge is -2.24. The van der Waals surface area contributed by atoms with Gasteiger partial charge in [-0.15, -0.1) is 0 Å². The van der Waals surface area contributed by atoms with Gasteiger partial charge in [0, 0.05) is 19.1 Å². The van der Waals surface area contributed by atoms with Crippen LogP contribution in [0.5, 0.6) is 0 Å². The van der Waals surface area contributed by atoms with E-state index in [0.717, 1.165) is 24.2 Å². The lowest BCUT2D eigenvalue weighted by atomic mass is 9.96. The Kier molecular flexibility index (Phi) is 4.56. The molecule has 0 saturated heterocycles. The molecule has 1 N–H and O–H groups in total. The van der Waals surface area contributed by atoms with E-state index in [1.54, 1.807) is 13.4 Å². The number of methoxy groups -OCH3 is 1. The molecule has 1 aromatic rings. The quantitative estimate of drug-likeness (QED) is 0.810. The van der Waals surface area contributed by atoms with Crippen LogP contribution >= 0.6 is 0 Å². The van der Waals surface area contributed by atoms with Crippen LogP contribution in [0.3, 0.4) is 0 Å². The molecule has 0 saturated carbocycles. The first-order valence-corrected chi connectivity index (χ1v) is 5.79. The van der Waals surface area contributed by atoms with E-state index in [9.17, 15) is 5.11 Å². The molecular weight excluding hydrogens is 204 g/mol. The molecule has 0 aromatic carbocycles. The van der Waals surface area contributed by atoms with E-state index in [4.69, 9.17) is 9.15 Å². The molecule has 16 heavy (non-hydrogen) atoms. The van der Waals surface area contributed by atoms with Gasteiger partial charge in [-0.25, -0.2) is 0 Å². The van der Waals surface area contributed by atoms with Crippen LogP contribution < -0.4 is 0 Å². The standard InChI is InChI=1S/C13H22O3/c1-5-12-10(7-9-16-12)11(14)6-8-13(2,3)15-4/h7,9,11,14H,5-6,8H2,1-4H3. The highest BCUT2D eigenvalue weighted by Gasteiger charge is 2.21. The summed E-state index contributed by atoms with van der Waals surface area (Å²) in [5, 5.41) is 10.1. The van der Waals surface area contributed by atoms with Crippen LogP contribution in [0.25, 0.3) is 0 Å². The number of ether oxygens (including phenoxy) is 1. The molecule has 0 bridgehead atoms. The average Bonchev–Trinajstić information content (AvgIpc) is 2.74. The van der Waals surface area contributed by atoms with Crippen LogP contribution in [0, 0.1) is 0 Å². The molecule has 0 amide bonds. The summed E-state index contributed by atoms with van der Waals surface area (Å²) in [6.45, 7) is 6.07. The van der Waals surface area contributed by atoms with Crippen LogP contribution in [0.15, 0.2) is 16.7 Å². The monoisotopic (exact) mass is 226 g/mol. The second-order valence-corrected chi connectivity index (χ2v) is 4.67. The van der Waals surface area contributed by atoms with Gasteiger partial charge in [-0.05, 0) is 32.8 Å². The van der Waals surface area contributed by atoms with Crippen molar-refractivity contribution in [2.24, 2.45) is 0 Å². The Balaban J connectivity index is 2.56. The molecule has 3 heteroatoms. The highest BCUT2D eigenvalue weighted by molar-refractivity contribution is 5.19. The molecule has 0 spiro atoms. The average molecular weight is 226 g/mol. The van der Waals surface area contributed by atoms with E-state index in [0.29, 0.717) is 6.42 Å². The maximum atomic E-state index is 10.1. The minimum atomic E-state index is -0.455. The third-order valence-electron chi connectivity index (χ3n) is 3.03. The predicted molar refractivity (Wildman–Crippen MR) is 63.4 cm³/mol. The Morgan fingerprint density at radius 1 is 1.50 bits per heavy atom. The summed E-state index contributed by atoms with van der Waals surface area (Å²) in [7, 11) is 1.70. The summed E-state index contributed by atoms with van der Waals surface area (Å²) in [6, 6.07) is 1.85. The van der Waals surface area contributed by atoms with Crippen LogP contribution in [0.1, 0.15) is 51.0 Å². The molecule has 1 unspecified atom stereocenters. The van der Waals surface area contributed by atoms with Gasteiger partial charge in [0.2, 0.25) is 0 Å². The van der Waals surface area contributed by atoms with Crippen molar-refractivity contribution in [1.29, 1.82) is 0 Å². The zero-order valence-electron chi connectivity index (χ0n) is 10.6. The van der Waals surface area contributed by atoms with E-state index in [-0.39, 0.29) is 5.60 Å². The lowest BCUT2D eigenvalue weighted by molar-refractivity contribution is 0.00264. The fraction of sp³-hybridized carbons (Fsp3) is 0.692. The smallest absolute Gasteiger partial charge is 0.109 e. The maximum absolute atomic E-state index is 10.1. The van der Waals surface area contributed by atoms with Crippen LogP contribution in [-0.2, 0) is 11.2 Å². The highest BCUT2D eigenvalue weighted by atomic mass is 16.5. The molecule has 0 aliphatic carbocycles. The van der Waals surface area contributed by atoms with Gasteiger partial charge < -0.3 is 14.3 Å². The topological polar surface area (TPSA) is 42.6 Å². The second kappa shape index (κ2) is 5.51. The summed E-state index contributed by atoms with van der Waals surface area (Å²) in [5.74, 6) is 0.878. The largest absolute Gasteiger partial charge is 0.469 e. The van der Waals surface area contributed by atoms with E-state index in [2.05, 4.69) is 0 Å². The number of aliphatic hydroxyl groups is 1. The van der Waals surface area contributed by atoms with Gasteiger partial charge >= 0.3 is 0 Å². The van der Waals surface area contributed by atoms with E-state index < -0.39 is 6.10 Å². The molecule has 1 atom stereocenters. The fourth-order valence-corrected chi connectivity index (χ4v) is 1.68. The van der Waals surface area contributed by atoms with Crippen LogP contribution in [-0.4, -0.2) is 17.8 Å². The molecule has 3 nitrogen and oxygen atoms in total. The van der Waals surface area contributed by atoms with Crippen LogP contribution in [0.2, 0.25) is 0 Å². The van der Waals surface area contributed by atoms with Crippen molar-refractivity contribution in [2.75, 3.05) is 7.11 Å². The van der Waals surface area contributed by atoms with E-state index in [1.807, 2.05) is 26.8 Å². The minimum absolute atomic E-state index is 0.183. The Labute approximate surface area is 97.4 Å². The van der Waals surface area contributed by atoms with Crippen molar-refractivity contribution in [2.45, 2.75) is 51.7 Å². The molecule has 1 aromatic heterocycles. The van der Waals surface area contributed by atoms with E-state index >= 15 is 0 Å². The Morgan fingerprint density at radius 3 is 2.75 bits per heavy atom. The molecule has 1 heterocycles. The first-order chi connectivity index (χ1) is 7.50. The number of hydrogen-bond donors (Lipinski definition) is 1. The Bertz CT molecular complexity index is 315. The SMILES string of the molecule is CCc1occc1C(O)CCC(C)(C)OC. The van der Waals surface area contributed by atoms with Gasteiger partial charge in [-0.1, -0.05) is 6.92 Å². The summed E-state index contributed by atoms with van der Waals surface area (Å²) in [6.07, 6.45) is 3.50. The second-order valence-electron chi connectivity index (χ2n) is 4.67. The fourth-order valence-electron chi connectivity index (χ4n) is 1.68. The van der Waals surface area contributed by atoms with Gasteiger partial charge in [-0.2, -0.15) is 0 Å². The van der Waals surface area contributed by atoms with Gasteiger partial charge in [0.25, 0.3) is 0 Å². The summed E-state index contributed by atoms with van der Waals surface area (Å²) in [4.78, 5) is 0. The zero-order valence-corrected chi connectivity index (χ0v) is 10.6. The number of aliphatic hydroxyl groups excluding tert-OH is 1. The van der Waals surface area contributed by atoms with Crippen molar-refractivity contribution in [3.8, 4) is 0 Å². The molecule has 0 radical (unpaired) electrons. The normalized spacial score (nSPS) is 14.1. The predicted octanol–water partition coefficient (Wildman–Crippen LogP) is 3.08. The zero-order chi connectivity index (χ0) is 12.2. The Morgan fingerprint density at radius 2 is 2.19 bits per heavy atom. The van der Waals surface area contributed by atoms with Crippen molar-refractivity contribution in [3.63, 3.8) is 0 Å². The van der Waals surface area contributed by atoms with Gasteiger partial charge in [0.05, 0.1) is 18.0 Å². The first-order valence-electron chi connectivity index (χ1n) is 5.79. The van der Waals surface area contributed by atoms with Gasteiger partial charge in [0.1, 0.15) is 5.76 Å². The molecule has 92 valence electrons. The number of furan rings is 1. The van der Waals surface area contributed by atoms with Crippen molar-refractivity contribution in [3.05, 3.63) is 23.7 Å². The highest BCUT2D eigenvalue weighted by Crippen LogP contribution is 2.27. The molecule has 0 aliphatic rings. The third-order valence-corrected chi connectivity index (χ3v) is 3.03. The summed E-state index contributed by atoms with van der Waals surface area (Å²) >= 11 is 0.